The summed E-state index contributed by atoms with van der Waals surface area (Å²) in [6, 6.07) is 7.87. The van der Waals surface area contributed by atoms with Crippen molar-refractivity contribution >= 4 is 11.7 Å². The van der Waals surface area contributed by atoms with Crippen LogP contribution >= 0.6 is 0 Å². The van der Waals surface area contributed by atoms with Crippen molar-refractivity contribution < 1.29 is 9.53 Å². The lowest BCUT2D eigenvalue weighted by Gasteiger charge is -2.00. The van der Waals surface area contributed by atoms with Crippen LogP contribution in [0.15, 0.2) is 36.5 Å². The van der Waals surface area contributed by atoms with Crippen LogP contribution < -0.4 is 5.32 Å². The number of esters is 1. The lowest BCUT2D eigenvalue weighted by Crippen LogP contribution is -1.96. The number of anilines is 1. The number of nitrogens with one attached hydrogen (secondary N) is 1. The molecule has 74 valence electrons. The van der Waals surface area contributed by atoms with Crippen molar-refractivity contribution in [2.24, 2.45) is 0 Å². The number of rotatable bonds is 3. The topological polar surface area (TPSA) is 38.3 Å². The standard InChI is InChI=1S/C11H13NO2/c1-9-3-5-10(6-4-9)12-8-7-11(13)14-2/h3-8,12H,1-2H3/b8-7+. The van der Waals surface area contributed by atoms with Crippen LogP contribution in [0.3, 0.4) is 0 Å². The number of methoxy groups -OCH3 is 1. The highest BCUT2D eigenvalue weighted by molar-refractivity contribution is 5.82. The van der Waals surface area contributed by atoms with Crippen molar-refractivity contribution in [2.75, 3.05) is 12.4 Å². The molecule has 0 aliphatic carbocycles. The predicted octanol–water partition coefficient (Wildman–Crippen LogP) is 2.09. The van der Waals surface area contributed by atoms with Gasteiger partial charge in [0.05, 0.1) is 7.11 Å². The second-order valence-electron chi connectivity index (χ2n) is 2.87. The zero-order valence-corrected chi connectivity index (χ0v) is 8.28. The molecule has 0 saturated heterocycles. The maximum atomic E-state index is 10.7. The Labute approximate surface area is 83.4 Å². The highest BCUT2D eigenvalue weighted by Gasteiger charge is 1.90. The van der Waals surface area contributed by atoms with E-state index in [0.717, 1.165) is 5.69 Å². The first kappa shape index (κ1) is 10.3. The van der Waals surface area contributed by atoms with E-state index in [1.54, 1.807) is 6.20 Å². The van der Waals surface area contributed by atoms with Crippen molar-refractivity contribution in [1.29, 1.82) is 0 Å². The first-order valence-electron chi connectivity index (χ1n) is 4.30. The molecule has 0 atom stereocenters. The Balaban J connectivity index is 2.49. The molecule has 0 spiro atoms. The summed E-state index contributed by atoms with van der Waals surface area (Å²) in [4.78, 5) is 10.7. The number of aryl methyl sites for hydroxylation is 1. The Kier molecular flexibility index (Phi) is 3.73. The molecule has 0 unspecified atom stereocenters. The molecule has 14 heavy (non-hydrogen) atoms. The van der Waals surface area contributed by atoms with E-state index in [4.69, 9.17) is 0 Å². The fraction of sp³-hybridized carbons (Fsp3) is 0.182. The Hall–Kier alpha value is -1.77. The third-order valence-corrected chi connectivity index (χ3v) is 1.72. The van der Waals surface area contributed by atoms with Crippen LogP contribution in [0.1, 0.15) is 5.56 Å². The van der Waals surface area contributed by atoms with Gasteiger partial charge in [0, 0.05) is 18.0 Å². The van der Waals surface area contributed by atoms with E-state index in [1.807, 2.05) is 31.2 Å². The molecule has 0 aliphatic heterocycles. The lowest BCUT2D eigenvalue weighted by atomic mass is 10.2. The highest BCUT2D eigenvalue weighted by Crippen LogP contribution is 2.07. The van der Waals surface area contributed by atoms with E-state index in [2.05, 4.69) is 10.1 Å². The Bertz CT molecular complexity index is 328. The van der Waals surface area contributed by atoms with Crippen molar-refractivity contribution in [3.05, 3.63) is 42.1 Å². The minimum absolute atomic E-state index is 0.371. The number of hydrogen-bond donors (Lipinski definition) is 1. The third-order valence-electron chi connectivity index (χ3n) is 1.72. The van der Waals surface area contributed by atoms with Gasteiger partial charge in [-0.3, -0.25) is 0 Å². The molecule has 0 amide bonds. The first-order valence-corrected chi connectivity index (χ1v) is 4.30. The van der Waals surface area contributed by atoms with Crippen LogP contribution in [0.5, 0.6) is 0 Å². The number of hydrogen-bond acceptors (Lipinski definition) is 3. The number of ether oxygens (including phenoxy) is 1. The molecule has 0 aliphatic rings. The molecule has 0 saturated carbocycles. The SMILES string of the molecule is COC(=O)/C=C/Nc1ccc(C)cc1. The van der Waals surface area contributed by atoms with Gasteiger partial charge in [-0.1, -0.05) is 17.7 Å². The minimum Gasteiger partial charge on any atom is -0.466 e. The van der Waals surface area contributed by atoms with Gasteiger partial charge in [0.25, 0.3) is 0 Å². The maximum absolute atomic E-state index is 10.7. The Morgan fingerprint density at radius 2 is 2.00 bits per heavy atom. The average Bonchev–Trinajstić information content (AvgIpc) is 2.21. The summed E-state index contributed by atoms with van der Waals surface area (Å²) in [7, 11) is 1.35. The second-order valence-corrected chi connectivity index (χ2v) is 2.87. The second kappa shape index (κ2) is 5.07. The van der Waals surface area contributed by atoms with Crippen LogP contribution in [-0.4, -0.2) is 13.1 Å². The molecule has 0 fully saturated rings. The fourth-order valence-electron chi connectivity index (χ4n) is 0.924. The number of benzene rings is 1. The van der Waals surface area contributed by atoms with Crippen molar-refractivity contribution in [2.45, 2.75) is 6.92 Å². The maximum Gasteiger partial charge on any atom is 0.331 e. The summed E-state index contributed by atoms with van der Waals surface area (Å²) < 4.78 is 4.44. The molecule has 3 nitrogen and oxygen atoms in total. The molecule has 3 heteroatoms. The third kappa shape index (κ3) is 3.31. The molecule has 0 bridgehead atoms. The summed E-state index contributed by atoms with van der Waals surface area (Å²) in [6.07, 6.45) is 2.89. The summed E-state index contributed by atoms with van der Waals surface area (Å²) in [6.45, 7) is 2.02. The molecular weight excluding hydrogens is 178 g/mol. The largest absolute Gasteiger partial charge is 0.466 e. The molecule has 0 heterocycles. The van der Waals surface area contributed by atoms with Gasteiger partial charge in [-0.05, 0) is 19.1 Å². The van der Waals surface area contributed by atoms with Crippen LogP contribution in [0, 0.1) is 6.92 Å². The zero-order chi connectivity index (χ0) is 10.4. The first-order chi connectivity index (χ1) is 6.72. The van der Waals surface area contributed by atoms with Crippen LogP contribution in [0.2, 0.25) is 0 Å². The molecular formula is C11H13NO2. The minimum atomic E-state index is -0.371. The molecule has 0 aromatic heterocycles. The van der Waals surface area contributed by atoms with E-state index >= 15 is 0 Å². The normalized spacial score (nSPS) is 10.1. The van der Waals surface area contributed by atoms with Crippen molar-refractivity contribution in [3.63, 3.8) is 0 Å². The Morgan fingerprint density at radius 3 is 2.57 bits per heavy atom. The summed E-state index contributed by atoms with van der Waals surface area (Å²) in [5.41, 5.74) is 2.14. The van der Waals surface area contributed by atoms with Crippen molar-refractivity contribution in [1.82, 2.24) is 0 Å². The zero-order valence-electron chi connectivity index (χ0n) is 8.28. The van der Waals surface area contributed by atoms with Gasteiger partial charge >= 0.3 is 5.97 Å². The molecule has 1 aromatic rings. The van der Waals surface area contributed by atoms with Gasteiger partial charge in [-0.25, -0.2) is 4.79 Å². The van der Waals surface area contributed by atoms with E-state index in [9.17, 15) is 4.79 Å². The van der Waals surface area contributed by atoms with Crippen LogP contribution in [0.4, 0.5) is 5.69 Å². The monoisotopic (exact) mass is 191 g/mol. The van der Waals surface area contributed by atoms with Gasteiger partial charge in [0.1, 0.15) is 0 Å². The Morgan fingerprint density at radius 1 is 1.36 bits per heavy atom. The number of carbonyl (C=O) groups is 1. The molecule has 0 radical (unpaired) electrons. The van der Waals surface area contributed by atoms with E-state index in [0.29, 0.717) is 0 Å². The summed E-state index contributed by atoms with van der Waals surface area (Å²) >= 11 is 0. The van der Waals surface area contributed by atoms with E-state index in [-0.39, 0.29) is 5.97 Å². The summed E-state index contributed by atoms with van der Waals surface area (Å²) in [5, 5.41) is 2.96. The smallest absolute Gasteiger partial charge is 0.331 e. The van der Waals surface area contributed by atoms with E-state index in [1.165, 1.54) is 18.7 Å². The quantitative estimate of drug-likeness (QED) is 0.587. The van der Waals surface area contributed by atoms with Gasteiger partial charge in [-0.15, -0.1) is 0 Å². The predicted molar refractivity (Wildman–Crippen MR) is 56.0 cm³/mol. The molecule has 1 rings (SSSR count). The van der Waals surface area contributed by atoms with Gasteiger partial charge in [0.15, 0.2) is 0 Å². The summed E-state index contributed by atoms with van der Waals surface area (Å²) in [5.74, 6) is -0.371. The molecule has 1 N–H and O–H groups in total. The van der Waals surface area contributed by atoms with Crippen LogP contribution in [-0.2, 0) is 9.53 Å². The highest BCUT2D eigenvalue weighted by atomic mass is 16.5. The lowest BCUT2D eigenvalue weighted by molar-refractivity contribution is -0.134. The average molecular weight is 191 g/mol. The molecule has 1 aromatic carbocycles. The van der Waals surface area contributed by atoms with Crippen LogP contribution in [0.25, 0.3) is 0 Å². The van der Waals surface area contributed by atoms with Gasteiger partial charge in [-0.2, -0.15) is 0 Å². The van der Waals surface area contributed by atoms with E-state index < -0.39 is 0 Å². The number of carbonyl (C=O) groups excluding carboxylic acids is 1. The van der Waals surface area contributed by atoms with Crippen molar-refractivity contribution in [3.8, 4) is 0 Å². The fourth-order valence-corrected chi connectivity index (χ4v) is 0.924. The van der Waals surface area contributed by atoms with Gasteiger partial charge < -0.3 is 10.1 Å². The van der Waals surface area contributed by atoms with Gasteiger partial charge in [0.2, 0.25) is 0 Å².